The summed E-state index contributed by atoms with van der Waals surface area (Å²) in [5.41, 5.74) is 8.60. The Bertz CT molecular complexity index is 572. The van der Waals surface area contributed by atoms with Gasteiger partial charge in [-0.15, -0.1) is 5.10 Å². The summed E-state index contributed by atoms with van der Waals surface area (Å²) in [6, 6.07) is 10.0. The maximum Gasteiger partial charge on any atom is 0.0824 e. The monoisotopic (exact) mass is 320 g/mol. The smallest absolute Gasteiger partial charge is 0.0824 e. The fourth-order valence-electron chi connectivity index (χ4n) is 2.68. The first kappa shape index (κ1) is 14.9. The first-order valence-electron chi connectivity index (χ1n) is 7.26. The van der Waals surface area contributed by atoms with Gasteiger partial charge in [0, 0.05) is 22.0 Å². The number of hydrogen-bond acceptors (Lipinski definition) is 5. The first-order valence-corrected chi connectivity index (χ1v) is 9.36. The third kappa shape index (κ3) is 3.12. The number of nitrogens with zero attached hydrogens (tertiary/aromatic N) is 3. The normalized spacial score (nSPS) is 23.9. The molecule has 1 fully saturated rings. The zero-order valence-electron chi connectivity index (χ0n) is 12.1. The van der Waals surface area contributed by atoms with Crippen molar-refractivity contribution in [1.82, 2.24) is 15.0 Å². The summed E-state index contributed by atoms with van der Waals surface area (Å²) in [5, 5.41) is 9.34. The molecule has 0 aliphatic carbocycles. The molecule has 3 rings (SSSR count). The van der Waals surface area contributed by atoms with Gasteiger partial charge in [0.1, 0.15) is 0 Å². The van der Waals surface area contributed by atoms with Gasteiger partial charge in [-0.25, -0.2) is 4.68 Å². The molecule has 0 amide bonds. The van der Waals surface area contributed by atoms with Crippen molar-refractivity contribution in [3.8, 4) is 5.69 Å². The van der Waals surface area contributed by atoms with E-state index < -0.39 is 0 Å². The van der Waals surface area contributed by atoms with Crippen LogP contribution in [0.1, 0.15) is 25.1 Å². The van der Waals surface area contributed by atoms with Crippen LogP contribution in [0.15, 0.2) is 36.5 Å². The van der Waals surface area contributed by atoms with Crippen molar-refractivity contribution in [3.05, 3.63) is 42.2 Å². The molecule has 1 aliphatic rings. The van der Waals surface area contributed by atoms with Gasteiger partial charge in [-0.05, 0) is 18.6 Å². The molecule has 6 heteroatoms. The Morgan fingerprint density at radius 1 is 1.29 bits per heavy atom. The van der Waals surface area contributed by atoms with Crippen molar-refractivity contribution < 1.29 is 0 Å². The van der Waals surface area contributed by atoms with Gasteiger partial charge >= 0.3 is 0 Å². The fraction of sp³-hybridized carbons (Fsp3) is 0.467. The first-order chi connectivity index (χ1) is 10.3. The van der Waals surface area contributed by atoms with E-state index in [1.165, 1.54) is 11.5 Å². The highest BCUT2D eigenvalue weighted by Gasteiger charge is 2.32. The molecule has 0 spiro atoms. The van der Waals surface area contributed by atoms with Crippen LogP contribution in [0.4, 0.5) is 0 Å². The molecule has 1 saturated heterocycles. The third-order valence-corrected chi connectivity index (χ3v) is 7.14. The predicted molar refractivity (Wildman–Crippen MR) is 91.1 cm³/mol. The minimum absolute atomic E-state index is 0.0389. The van der Waals surface area contributed by atoms with E-state index in [1.54, 1.807) is 0 Å². The molecule has 2 aromatic rings. The Morgan fingerprint density at radius 2 is 2.05 bits per heavy atom. The largest absolute Gasteiger partial charge is 0.322 e. The molecule has 3 atom stereocenters. The Kier molecular flexibility index (Phi) is 4.87. The van der Waals surface area contributed by atoms with E-state index >= 15 is 0 Å². The molecule has 2 heterocycles. The van der Waals surface area contributed by atoms with Crippen LogP contribution in [0, 0.1) is 0 Å². The lowest BCUT2D eigenvalue weighted by Crippen LogP contribution is -2.36. The van der Waals surface area contributed by atoms with E-state index in [9.17, 15) is 0 Å². The Hall–Kier alpha value is -0.980. The molecule has 0 saturated carbocycles. The lowest BCUT2D eigenvalue weighted by atomic mass is 10.1. The van der Waals surface area contributed by atoms with E-state index in [-0.39, 0.29) is 6.04 Å². The molecule has 0 radical (unpaired) electrons. The topological polar surface area (TPSA) is 56.7 Å². The van der Waals surface area contributed by atoms with Gasteiger partial charge < -0.3 is 5.73 Å². The summed E-state index contributed by atoms with van der Waals surface area (Å²) < 4.78 is 1.87. The summed E-state index contributed by atoms with van der Waals surface area (Å²) in [6.07, 6.45) is 2.97. The molecule has 21 heavy (non-hydrogen) atoms. The van der Waals surface area contributed by atoms with E-state index in [0.717, 1.165) is 17.8 Å². The van der Waals surface area contributed by atoms with Crippen LogP contribution >= 0.6 is 23.5 Å². The highest BCUT2D eigenvalue weighted by Crippen LogP contribution is 2.39. The predicted octanol–water partition coefficient (Wildman–Crippen LogP) is 2.89. The van der Waals surface area contributed by atoms with Gasteiger partial charge in [-0.2, -0.15) is 23.5 Å². The standard InChI is InChI=1S/C15H20N4S2/c1-2-13-15(21-9-8-20-13)14(16)12-10-17-18-19(12)11-6-4-3-5-7-11/h3-7,10,13-15H,2,8-9,16H2,1H3. The van der Waals surface area contributed by atoms with Crippen molar-refractivity contribution in [3.63, 3.8) is 0 Å². The Balaban J connectivity index is 1.88. The van der Waals surface area contributed by atoms with Gasteiger partial charge in [-0.3, -0.25) is 0 Å². The van der Waals surface area contributed by atoms with Crippen LogP contribution < -0.4 is 5.73 Å². The Labute approximate surface area is 133 Å². The molecular formula is C15H20N4S2. The van der Waals surface area contributed by atoms with Crippen molar-refractivity contribution in [2.24, 2.45) is 5.73 Å². The van der Waals surface area contributed by atoms with Crippen LogP contribution in [0.25, 0.3) is 5.69 Å². The number of benzene rings is 1. The van der Waals surface area contributed by atoms with Crippen molar-refractivity contribution in [1.29, 1.82) is 0 Å². The molecule has 112 valence electrons. The quantitative estimate of drug-likeness (QED) is 0.939. The van der Waals surface area contributed by atoms with E-state index in [4.69, 9.17) is 5.73 Å². The maximum atomic E-state index is 6.58. The van der Waals surface area contributed by atoms with Gasteiger partial charge in [0.15, 0.2) is 0 Å². The number of thioether (sulfide) groups is 2. The molecule has 1 aromatic heterocycles. The van der Waals surface area contributed by atoms with Gasteiger partial charge in [0.05, 0.1) is 23.6 Å². The van der Waals surface area contributed by atoms with Gasteiger partial charge in [0.25, 0.3) is 0 Å². The minimum atomic E-state index is -0.0389. The molecule has 1 aromatic carbocycles. The number of para-hydroxylation sites is 1. The molecule has 3 unspecified atom stereocenters. The fourth-order valence-corrected chi connectivity index (χ4v) is 5.84. The van der Waals surface area contributed by atoms with Crippen molar-refractivity contribution in [2.75, 3.05) is 11.5 Å². The summed E-state index contributed by atoms with van der Waals surface area (Å²) in [4.78, 5) is 0. The molecule has 2 N–H and O–H groups in total. The highest BCUT2D eigenvalue weighted by atomic mass is 32.2. The third-order valence-electron chi connectivity index (χ3n) is 3.77. The molecule has 1 aliphatic heterocycles. The minimum Gasteiger partial charge on any atom is -0.322 e. The second kappa shape index (κ2) is 6.85. The van der Waals surface area contributed by atoms with E-state index in [0.29, 0.717) is 10.5 Å². The summed E-state index contributed by atoms with van der Waals surface area (Å²) in [6.45, 7) is 2.25. The second-order valence-electron chi connectivity index (χ2n) is 5.08. The summed E-state index contributed by atoms with van der Waals surface area (Å²) in [7, 11) is 0. The van der Waals surface area contributed by atoms with E-state index in [1.807, 2.05) is 64.7 Å². The number of hydrogen-bond donors (Lipinski definition) is 1. The van der Waals surface area contributed by atoms with Gasteiger partial charge in [-0.1, -0.05) is 30.3 Å². The number of aromatic nitrogens is 3. The van der Waals surface area contributed by atoms with Crippen LogP contribution in [0.2, 0.25) is 0 Å². The zero-order valence-corrected chi connectivity index (χ0v) is 13.7. The van der Waals surface area contributed by atoms with Crippen LogP contribution in [-0.4, -0.2) is 37.0 Å². The average molecular weight is 320 g/mol. The Morgan fingerprint density at radius 3 is 2.81 bits per heavy atom. The molecule has 4 nitrogen and oxygen atoms in total. The SMILES string of the molecule is CCC1SCCSC1C(N)c1cnnn1-c1ccccc1. The lowest BCUT2D eigenvalue weighted by Gasteiger charge is -2.34. The van der Waals surface area contributed by atoms with Crippen molar-refractivity contribution >= 4 is 23.5 Å². The van der Waals surface area contributed by atoms with Crippen LogP contribution in [0.3, 0.4) is 0 Å². The van der Waals surface area contributed by atoms with Crippen LogP contribution in [0.5, 0.6) is 0 Å². The second-order valence-corrected chi connectivity index (χ2v) is 7.72. The summed E-state index contributed by atoms with van der Waals surface area (Å²) >= 11 is 4.04. The van der Waals surface area contributed by atoms with Crippen molar-refractivity contribution in [2.45, 2.75) is 29.9 Å². The maximum absolute atomic E-state index is 6.58. The molecular weight excluding hydrogens is 300 g/mol. The zero-order chi connectivity index (χ0) is 14.7. The average Bonchev–Trinajstić information content (AvgIpc) is 3.04. The molecule has 0 bridgehead atoms. The van der Waals surface area contributed by atoms with Crippen LogP contribution in [-0.2, 0) is 0 Å². The highest BCUT2D eigenvalue weighted by molar-refractivity contribution is 8.07. The summed E-state index contributed by atoms with van der Waals surface area (Å²) in [5.74, 6) is 2.40. The number of rotatable bonds is 4. The van der Waals surface area contributed by atoms with Gasteiger partial charge in [0.2, 0.25) is 0 Å². The lowest BCUT2D eigenvalue weighted by molar-refractivity contribution is 0.593. The van der Waals surface area contributed by atoms with E-state index in [2.05, 4.69) is 17.2 Å². The number of nitrogens with two attached hydrogens (primary N) is 1.